The van der Waals surface area contributed by atoms with Crippen LogP contribution in [-0.4, -0.2) is 39.9 Å². The van der Waals surface area contributed by atoms with E-state index in [1.54, 1.807) is 0 Å². The first-order valence-corrected chi connectivity index (χ1v) is 13.0. The van der Waals surface area contributed by atoms with Gasteiger partial charge in [-0.25, -0.2) is 0 Å². The molecule has 34 heavy (non-hydrogen) atoms. The SMILES string of the molecule is Cc1cc(-c2[nH]c3ccc(C4CCN(C(C(N)=O)C5CCC5)CC4)cc3c2C(C)C)cc(C)n1. The monoisotopic (exact) mass is 458 g/mol. The third-order valence-corrected chi connectivity index (χ3v) is 8.09. The predicted molar refractivity (Wildman–Crippen MR) is 139 cm³/mol. The highest BCUT2D eigenvalue weighted by Gasteiger charge is 2.37. The fourth-order valence-electron chi connectivity index (χ4n) is 6.27. The highest BCUT2D eigenvalue weighted by molar-refractivity contribution is 5.92. The smallest absolute Gasteiger partial charge is 0.235 e. The molecule has 180 valence electrons. The average Bonchev–Trinajstić information content (AvgIpc) is 3.14. The van der Waals surface area contributed by atoms with Gasteiger partial charge < -0.3 is 10.7 Å². The number of nitrogens with one attached hydrogen (secondary N) is 1. The van der Waals surface area contributed by atoms with Crippen LogP contribution in [0, 0.1) is 19.8 Å². The van der Waals surface area contributed by atoms with Crippen molar-refractivity contribution in [3.8, 4) is 11.3 Å². The lowest BCUT2D eigenvalue weighted by molar-refractivity contribution is -0.127. The number of hydrogen-bond donors (Lipinski definition) is 2. The molecule has 1 unspecified atom stereocenters. The number of nitrogens with two attached hydrogens (primary N) is 1. The molecule has 1 atom stereocenters. The number of piperidine rings is 1. The van der Waals surface area contributed by atoms with E-state index in [-0.39, 0.29) is 11.9 Å². The molecule has 2 fully saturated rings. The highest BCUT2D eigenvalue weighted by atomic mass is 16.1. The first-order chi connectivity index (χ1) is 16.3. The molecular weight excluding hydrogens is 420 g/mol. The van der Waals surface area contributed by atoms with Gasteiger partial charge in [-0.05, 0) is 106 Å². The van der Waals surface area contributed by atoms with E-state index < -0.39 is 0 Å². The predicted octanol–water partition coefficient (Wildman–Crippen LogP) is 5.80. The number of benzene rings is 1. The van der Waals surface area contributed by atoms with Gasteiger partial charge in [0.2, 0.25) is 5.91 Å². The molecule has 2 aliphatic rings. The number of fused-ring (bicyclic) bond motifs is 1. The number of nitrogens with zero attached hydrogens (tertiary/aromatic N) is 2. The maximum absolute atomic E-state index is 12.2. The van der Waals surface area contributed by atoms with E-state index in [1.165, 1.54) is 39.7 Å². The number of aryl methyl sites for hydroxylation is 2. The summed E-state index contributed by atoms with van der Waals surface area (Å²) in [4.78, 5) is 22.8. The summed E-state index contributed by atoms with van der Waals surface area (Å²) in [5.41, 5.74) is 14.3. The van der Waals surface area contributed by atoms with Crippen LogP contribution in [0.1, 0.15) is 80.3 Å². The number of likely N-dealkylation sites (tertiary alicyclic amines) is 1. The summed E-state index contributed by atoms with van der Waals surface area (Å²) in [6.07, 6.45) is 5.70. The summed E-state index contributed by atoms with van der Waals surface area (Å²) in [6.45, 7) is 10.6. The Kier molecular flexibility index (Phi) is 6.24. The lowest BCUT2D eigenvalue weighted by Crippen LogP contribution is -2.53. The fourth-order valence-corrected chi connectivity index (χ4v) is 6.27. The van der Waals surface area contributed by atoms with Crippen LogP contribution in [0.25, 0.3) is 22.2 Å². The van der Waals surface area contributed by atoms with Crippen LogP contribution in [0.5, 0.6) is 0 Å². The first-order valence-electron chi connectivity index (χ1n) is 13.0. The maximum atomic E-state index is 12.2. The number of amides is 1. The van der Waals surface area contributed by atoms with Crippen LogP contribution in [0.3, 0.4) is 0 Å². The van der Waals surface area contributed by atoms with E-state index in [2.05, 4.69) is 72.9 Å². The van der Waals surface area contributed by atoms with E-state index in [9.17, 15) is 4.79 Å². The lowest BCUT2D eigenvalue weighted by atomic mass is 9.77. The topological polar surface area (TPSA) is 75.0 Å². The zero-order valence-electron chi connectivity index (χ0n) is 21.0. The molecule has 5 nitrogen and oxygen atoms in total. The van der Waals surface area contributed by atoms with Gasteiger partial charge in [-0.3, -0.25) is 14.7 Å². The summed E-state index contributed by atoms with van der Waals surface area (Å²) in [7, 11) is 0. The molecule has 1 aromatic carbocycles. The molecule has 0 spiro atoms. The average molecular weight is 459 g/mol. The molecule has 3 heterocycles. The van der Waals surface area contributed by atoms with Crippen LogP contribution in [0.15, 0.2) is 30.3 Å². The van der Waals surface area contributed by atoms with Crippen molar-refractivity contribution < 1.29 is 4.79 Å². The minimum atomic E-state index is -0.132. The molecule has 0 bridgehead atoms. The molecule has 1 amide bonds. The van der Waals surface area contributed by atoms with Gasteiger partial charge in [0.25, 0.3) is 0 Å². The van der Waals surface area contributed by atoms with Crippen molar-refractivity contribution in [1.82, 2.24) is 14.9 Å². The van der Waals surface area contributed by atoms with Crippen molar-refractivity contribution in [3.05, 3.63) is 52.8 Å². The Morgan fingerprint density at radius 1 is 1.06 bits per heavy atom. The Labute approximate surface area is 203 Å². The second-order valence-corrected chi connectivity index (χ2v) is 10.9. The molecule has 3 N–H and O–H groups in total. The number of aromatic nitrogens is 2. The number of hydrogen-bond acceptors (Lipinski definition) is 3. The van der Waals surface area contributed by atoms with Gasteiger partial charge in [0.15, 0.2) is 0 Å². The van der Waals surface area contributed by atoms with Gasteiger partial charge in [0.1, 0.15) is 0 Å². The van der Waals surface area contributed by atoms with E-state index in [1.807, 2.05) is 0 Å². The lowest BCUT2D eigenvalue weighted by Gasteiger charge is -2.42. The fraction of sp³-hybridized carbons (Fsp3) is 0.517. The molecule has 3 aromatic rings. The molecule has 5 rings (SSSR count). The van der Waals surface area contributed by atoms with E-state index in [4.69, 9.17) is 5.73 Å². The van der Waals surface area contributed by atoms with E-state index >= 15 is 0 Å². The van der Waals surface area contributed by atoms with Crippen molar-refractivity contribution in [2.75, 3.05) is 13.1 Å². The van der Waals surface area contributed by atoms with Crippen molar-refractivity contribution in [3.63, 3.8) is 0 Å². The standard InChI is InChI=1S/C29H38N4O/c1-17(2)26-24-16-22(8-9-25(24)32-27(26)23-14-18(3)31-19(4)15-23)20-10-12-33(13-11-20)28(29(30)34)21-6-5-7-21/h8-9,14-17,20-21,28,32H,5-7,10-13H2,1-4H3,(H2,30,34). The van der Waals surface area contributed by atoms with Gasteiger partial charge >= 0.3 is 0 Å². The number of carbonyl (C=O) groups excluding carboxylic acids is 1. The van der Waals surface area contributed by atoms with E-state index in [0.717, 1.165) is 50.2 Å². The van der Waals surface area contributed by atoms with Crippen LogP contribution in [0.4, 0.5) is 0 Å². The van der Waals surface area contributed by atoms with E-state index in [0.29, 0.717) is 17.8 Å². The normalized spacial score (nSPS) is 19.0. The van der Waals surface area contributed by atoms with Crippen molar-refractivity contribution in [2.45, 2.75) is 77.7 Å². The number of carbonyl (C=O) groups is 1. The zero-order valence-corrected chi connectivity index (χ0v) is 21.0. The minimum absolute atomic E-state index is 0.0655. The molecule has 1 aliphatic carbocycles. The van der Waals surface area contributed by atoms with Crippen molar-refractivity contribution in [1.29, 1.82) is 0 Å². The van der Waals surface area contributed by atoms with Crippen LogP contribution < -0.4 is 5.73 Å². The van der Waals surface area contributed by atoms with Gasteiger partial charge in [-0.15, -0.1) is 0 Å². The number of aromatic amines is 1. The molecule has 2 aromatic heterocycles. The number of primary amides is 1. The van der Waals surface area contributed by atoms with Gasteiger partial charge in [0.05, 0.1) is 11.7 Å². The molecule has 0 radical (unpaired) electrons. The molecular formula is C29H38N4O. The summed E-state index contributed by atoms with van der Waals surface area (Å²) < 4.78 is 0. The quantitative estimate of drug-likeness (QED) is 0.490. The number of H-pyrrole nitrogens is 1. The number of pyridine rings is 1. The molecule has 5 heteroatoms. The summed E-state index contributed by atoms with van der Waals surface area (Å²) in [5, 5.41) is 1.33. The van der Waals surface area contributed by atoms with Crippen molar-refractivity contribution in [2.24, 2.45) is 11.7 Å². The minimum Gasteiger partial charge on any atom is -0.368 e. The molecule has 1 saturated carbocycles. The largest absolute Gasteiger partial charge is 0.368 e. The summed E-state index contributed by atoms with van der Waals surface area (Å²) in [6, 6.07) is 11.3. The third-order valence-electron chi connectivity index (χ3n) is 8.09. The Hall–Kier alpha value is -2.66. The summed E-state index contributed by atoms with van der Waals surface area (Å²) >= 11 is 0. The second kappa shape index (κ2) is 9.18. The molecule has 1 aliphatic heterocycles. The van der Waals surface area contributed by atoms with Crippen LogP contribution >= 0.6 is 0 Å². The first kappa shape index (κ1) is 23.1. The third kappa shape index (κ3) is 4.26. The van der Waals surface area contributed by atoms with Gasteiger partial charge in [-0.2, -0.15) is 0 Å². The Morgan fingerprint density at radius 3 is 2.29 bits per heavy atom. The maximum Gasteiger partial charge on any atom is 0.235 e. The molecule has 1 saturated heterocycles. The Bertz CT molecular complexity index is 1180. The van der Waals surface area contributed by atoms with Crippen LogP contribution in [0.2, 0.25) is 0 Å². The van der Waals surface area contributed by atoms with Gasteiger partial charge in [0, 0.05) is 27.9 Å². The highest BCUT2D eigenvalue weighted by Crippen LogP contribution is 2.39. The Morgan fingerprint density at radius 2 is 1.74 bits per heavy atom. The number of rotatable bonds is 6. The van der Waals surface area contributed by atoms with Gasteiger partial charge in [-0.1, -0.05) is 26.3 Å². The summed E-state index contributed by atoms with van der Waals surface area (Å²) in [5.74, 6) is 1.28. The second-order valence-electron chi connectivity index (χ2n) is 10.9. The zero-order chi connectivity index (χ0) is 24.0. The van der Waals surface area contributed by atoms with Crippen LogP contribution in [-0.2, 0) is 4.79 Å². The van der Waals surface area contributed by atoms with Crippen molar-refractivity contribution >= 4 is 16.8 Å². The Balaban J connectivity index is 1.42.